The molecule has 0 aliphatic heterocycles. The van der Waals surface area contributed by atoms with Gasteiger partial charge in [-0.15, -0.1) is 11.6 Å². The van der Waals surface area contributed by atoms with Crippen molar-refractivity contribution in [3.63, 3.8) is 0 Å². The maximum atomic E-state index is 12.7. The number of hydrogen-bond donors (Lipinski definition) is 1. The van der Waals surface area contributed by atoms with Crippen molar-refractivity contribution >= 4 is 17.5 Å². The fourth-order valence-corrected chi connectivity index (χ4v) is 1.62. The summed E-state index contributed by atoms with van der Waals surface area (Å²) in [6.45, 7) is 3.70. The maximum absolute atomic E-state index is 12.7. The summed E-state index contributed by atoms with van der Waals surface area (Å²) in [6, 6.07) is 6.31. The first kappa shape index (κ1) is 14.0. The van der Waals surface area contributed by atoms with E-state index in [0.29, 0.717) is 12.3 Å². The third kappa shape index (κ3) is 4.73. The van der Waals surface area contributed by atoms with Crippen molar-refractivity contribution < 1.29 is 9.18 Å². The number of hydrogen-bond acceptors (Lipinski definition) is 1. The van der Waals surface area contributed by atoms with Crippen LogP contribution in [-0.2, 0) is 11.2 Å². The molecule has 17 heavy (non-hydrogen) atoms. The van der Waals surface area contributed by atoms with E-state index in [1.807, 2.05) is 6.92 Å². The van der Waals surface area contributed by atoms with Gasteiger partial charge < -0.3 is 5.32 Å². The summed E-state index contributed by atoms with van der Waals surface area (Å²) in [6.07, 6.45) is 0.682. The molecule has 4 heteroatoms. The molecular weight excluding hydrogens is 241 g/mol. The van der Waals surface area contributed by atoms with Gasteiger partial charge in [-0.2, -0.15) is 0 Å². The summed E-state index contributed by atoms with van der Waals surface area (Å²) in [5, 5.41) is 2.88. The second kappa shape index (κ2) is 6.60. The molecule has 0 heterocycles. The number of halogens is 2. The lowest BCUT2D eigenvalue weighted by molar-refractivity contribution is -0.124. The molecular formula is C13H17ClFNO. The molecule has 1 N–H and O–H groups in total. The largest absolute Gasteiger partial charge is 0.353 e. The minimum Gasteiger partial charge on any atom is -0.353 e. The zero-order valence-electron chi connectivity index (χ0n) is 10.0. The van der Waals surface area contributed by atoms with Gasteiger partial charge in [0.1, 0.15) is 5.82 Å². The van der Waals surface area contributed by atoms with Crippen LogP contribution < -0.4 is 5.32 Å². The van der Waals surface area contributed by atoms with Crippen LogP contribution in [0.2, 0.25) is 0 Å². The Hall–Kier alpha value is -1.09. The molecule has 2 unspecified atom stereocenters. The van der Waals surface area contributed by atoms with Gasteiger partial charge in [0.15, 0.2) is 0 Å². The number of benzene rings is 1. The summed E-state index contributed by atoms with van der Waals surface area (Å²) < 4.78 is 12.7. The molecule has 0 radical (unpaired) electrons. The molecule has 0 spiro atoms. The number of carbonyl (C=O) groups excluding carboxylic acids is 1. The Balaban J connectivity index is 2.47. The van der Waals surface area contributed by atoms with Crippen LogP contribution in [0.15, 0.2) is 24.3 Å². The second-order valence-electron chi connectivity index (χ2n) is 4.30. The van der Waals surface area contributed by atoms with E-state index in [-0.39, 0.29) is 23.7 Å². The molecule has 0 saturated carbocycles. The standard InChI is InChI=1S/C13H17ClFNO/c1-9(8-14)13(17)16-10(2)7-11-3-5-12(15)6-4-11/h3-6,9-10H,7-8H2,1-2H3,(H,16,17). The molecule has 0 saturated heterocycles. The van der Waals surface area contributed by atoms with Crippen LogP contribution in [-0.4, -0.2) is 17.8 Å². The third-order valence-corrected chi connectivity index (χ3v) is 2.99. The number of nitrogens with one attached hydrogen (secondary N) is 1. The highest BCUT2D eigenvalue weighted by atomic mass is 35.5. The highest BCUT2D eigenvalue weighted by Gasteiger charge is 2.14. The van der Waals surface area contributed by atoms with Crippen LogP contribution in [0.25, 0.3) is 0 Å². The molecule has 0 fully saturated rings. The smallest absolute Gasteiger partial charge is 0.224 e. The normalized spacial score (nSPS) is 14.1. The number of amides is 1. The zero-order chi connectivity index (χ0) is 12.8. The first-order valence-corrected chi connectivity index (χ1v) is 6.17. The van der Waals surface area contributed by atoms with Crippen molar-refractivity contribution in [1.82, 2.24) is 5.32 Å². The Morgan fingerprint density at radius 1 is 1.35 bits per heavy atom. The summed E-state index contributed by atoms with van der Waals surface area (Å²) in [7, 11) is 0. The van der Waals surface area contributed by atoms with E-state index < -0.39 is 0 Å². The SMILES string of the molecule is CC(Cc1ccc(F)cc1)NC(=O)C(C)CCl. The van der Waals surface area contributed by atoms with Crippen LogP contribution in [0.3, 0.4) is 0 Å². The lowest BCUT2D eigenvalue weighted by atomic mass is 10.1. The van der Waals surface area contributed by atoms with Crippen molar-refractivity contribution in [2.45, 2.75) is 26.3 Å². The van der Waals surface area contributed by atoms with Crippen molar-refractivity contribution in [2.24, 2.45) is 5.92 Å². The highest BCUT2D eigenvalue weighted by molar-refractivity contribution is 6.19. The van der Waals surface area contributed by atoms with Gasteiger partial charge in [0.05, 0.1) is 0 Å². The van der Waals surface area contributed by atoms with E-state index in [0.717, 1.165) is 5.56 Å². The summed E-state index contributed by atoms with van der Waals surface area (Å²) in [5.74, 6) is -0.169. The molecule has 0 aliphatic carbocycles. The minimum atomic E-state index is -0.249. The van der Waals surface area contributed by atoms with Gasteiger partial charge in [-0.1, -0.05) is 19.1 Å². The Bertz CT molecular complexity index is 366. The first-order chi connectivity index (χ1) is 8.02. The number of carbonyl (C=O) groups is 1. The third-order valence-electron chi connectivity index (χ3n) is 2.52. The summed E-state index contributed by atoms with van der Waals surface area (Å²) >= 11 is 5.61. The Morgan fingerprint density at radius 2 is 1.94 bits per heavy atom. The van der Waals surface area contributed by atoms with Gasteiger partial charge in [-0.05, 0) is 31.0 Å². The molecule has 0 aliphatic rings. The zero-order valence-corrected chi connectivity index (χ0v) is 10.8. The van der Waals surface area contributed by atoms with Crippen molar-refractivity contribution in [3.8, 4) is 0 Å². The summed E-state index contributed by atoms with van der Waals surface area (Å²) in [5.41, 5.74) is 0.998. The molecule has 2 nitrogen and oxygen atoms in total. The number of alkyl halides is 1. The predicted molar refractivity (Wildman–Crippen MR) is 67.6 cm³/mol. The van der Waals surface area contributed by atoms with Gasteiger partial charge in [0.2, 0.25) is 5.91 Å². The Labute approximate surface area is 106 Å². The Morgan fingerprint density at radius 3 is 2.47 bits per heavy atom. The van der Waals surface area contributed by atoms with Crippen LogP contribution >= 0.6 is 11.6 Å². The quantitative estimate of drug-likeness (QED) is 0.808. The van der Waals surface area contributed by atoms with Crippen molar-refractivity contribution in [3.05, 3.63) is 35.6 Å². The second-order valence-corrected chi connectivity index (χ2v) is 4.60. The first-order valence-electron chi connectivity index (χ1n) is 5.63. The summed E-state index contributed by atoms with van der Waals surface area (Å²) in [4.78, 5) is 11.6. The predicted octanol–water partition coefficient (Wildman–Crippen LogP) is 2.75. The van der Waals surface area contributed by atoms with E-state index in [4.69, 9.17) is 11.6 Å². The monoisotopic (exact) mass is 257 g/mol. The molecule has 1 rings (SSSR count). The van der Waals surface area contributed by atoms with Crippen molar-refractivity contribution in [2.75, 3.05) is 5.88 Å². The molecule has 1 aromatic carbocycles. The van der Waals surface area contributed by atoms with E-state index in [2.05, 4.69) is 5.32 Å². The molecule has 1 aromatic rings. The fourth-order valence-electron chi connectivity index (χ4n) is 1.48. The van der Waals surface area contributed by atoms with E-state index in [1.165, 1.54) is 12.1 Å². The van der Waals surface area contributed by atoms with Crippen LogP contribution in [0, 0.1) is 11.7 Å². The van der Waals surface area contributed by atoms with Gasteiger partial charge in [0.25, 0.3) is 0 Å². The van der Waals surface area contributed by atoms with E-state index in [9.17, 15) is 9.18 Å². The Kier molecular flexibility index (Phi) is 5.42. The van der Waals surface area contributed by atoms with Crippen LogP contribution in [0.4, 0.5) is 4.39 Å². The molecule has 1 amide bonds. The van der Waals surface area contributed by atoms with Gasteiger partial charge in [-0.3, -0.25) is 4.79 Å². The fraction of sp³-hybridized carbons (Fsp3) is 0.462. The molecule has 0 aromatic heterocycles. The maximum Gasteiger partial charge on any atom is 0.224 e. The van der Waals surface area contributed by atoms with E-state index in [1.54, 1.807) is 19.1 Å². The van der Waals surface area contributed by atoms with Gasteiger partial charge in [0, 0.05) is 17.8 Å². The average molecular weight is 258 g/mol. The molecule has 2 atom stereocenters. The average Bonchev–Trinajstić information content (AvgIpc) is 2.30. The lowest BCUT2D eigenvalue weighted by Crippen LogP contribution is -2.38. The molecule has 0 bridgehead atoms. The number of rotatable bonds is 5. The topological polar surface area (TPSA) is 29.1 Å². The lowest BCUT2D eigenvalue weighted by Gasteiger charge is -2.16. The van der Waals surface area contributed by atoms with Crippen LogP contribution in [0.1, 0.15) is 19.4 Å². The van der Waals surface area contributed by atoms with Gasteiger partial charge in [-0.25, -0.2) is 4.39 Å². The van der Waals surface area contributed by atoms with Crippen molar-refractivity contribution in [1.29, 1.82) is 0 Å². The van der Waals surface area contributed by atoms with Gasteiger partial charge >= 0.3 is 0 Å². The van der Waals surface area contributed by atoms with Crippen LogP contribution in [0.5, 0.6) is 0 Å². The van der Waals surface area contributed by atoms with E-state index >= 15 is 0 Å². The minimum absolute atomic E-state index is 0.0126. The molecule has 94 valence electrons. The highest BCUT2D eigenvalue weighted by Crippen LogP contribution is 2.06.